The smallest absolute Gasteiger partial charge is 0.137 e. The molecule has 0 aliphatic heterocycles. The topological polar surface area (TPSA) is 56.7 Å². The summed E-state index contributed by atoms with van der Waals surface area (Å²) in [6.45, 7) is 0. The number of aromatic nitrogens is 3. The highest BCUT2D eigenvalue weighted by Crippen LogP contribution is 2.25. The molecule has 2 aromatic heterocycles. The van der Waals surface area contributed by atoms with E-state index in [2.05, 4.69) is 49.6 Å². The minimum Gasteiger partial charge on any atom is -0.383 e. The number of hydrogen-bond donors (Lipinski definition) is 1. The van der Waals surface area contributed by atoms with Gasteiger partial charge in [0.05, 0.1) is 10.7 Å². The van der Waals surface area contributed by atoms with Gasteiger partial charge in [-0.3, -0.25) is 4.68 Å². The van der Waals surface area contributed by atoms with Gasteiger partial charge in [-0.15, -0.1) is 0 Å². The number of rotatable bonds is 2. The molecule has 0 amide bonds. The Bertz CT molecular complexity index is 549. The van der Waals surface area contributed by atoms with Crippen LogP contribution in [0.4, 0.5) is 5.82 Å². The van der Waals surface area contributed by atoms with E-state index in [0.717, 1.165) is 15.6 Å². The lowest BCUT2D eigenvalue weighted by molar-refractivity contribution is 0.671. The summed E-state index contributed by atoms with van der Waals surface area (Å²) in [4.78, 5) is 4.12. The maximum absolute atomic E-state index is 5.66. The minimum absolute atomic E-state index is 0.0171. The Balaban J connectivity index is 2.40. The second-order valence-electron chi connectivity index (χ2n) is 4.94. The van der Waals surface area contributed by atoms with E-state index in [4.69, 9.17) is 5.73 Å². The van der Waals surface area contributed by atoms with Crippen LogP contribution >= 0.6 is 15.9 Å². The van der Waals surface area contributed by atoms with Crippen LogP contribution in [0.2, 0.25) is 0 Å². The highest BCUT2D eigenvalue weighted by Gasteiger charge is 2.15. The first kappa shape index (κ1) is 12.3. The molecular weight excluding hydrogens is 276 g/mol. The predicted octanol–water partition coefficient (Wildman–Crippen LogP) is -1.24. The summed E-state index contributed by atoms with van der Waals surface area (Å²) in [7, 11) is 6.34. The van der Waals surface area contributed by atoms with Gasteiger partial charge in [0.15, 0.2) is 0 Å². The maximum Gasteiger partial charge on any atom is 0.137 e. The molecule has 2 aromatic rings. The summed E-state index contributed by atoms with van der Waals surface area (Å²) in [5.74, 6) is 0.497. The molecule has 0 saturated heterocycles. The van der Waals surface area contributed by atoms with Gasteiger partial charge in [0, 0.05) is 23.5 Å². The van der Waals surface area contributed by atoms with Gasteiger partial charge in [-0.2, -0.15) is 5.10 Å². The Morgan fingerprint density at radius 2 is 1.94 bits per heavy atom. The Kier molecular flexibility index (Phi) is 3.08. The van der Waals surface area contributed by atoms with Gasteiger partial charge in [0.1, 0.15) is 29.4 Å². The van der Waals surface area contributed by atoms with Crippen LogP contribution in [-0.2, 0) is 5.24 Å². The molecule has 0 saturated carbocycles. The molecule has 84 valence electrons. The lowest BCUT2D eigenvalue weighted by Gasteiger charge is -2.18. The van der Waals surface area contributed by atoms with Crippen LogP contribution < -0.4 is 5.73 Å². The van der Waals surface area contributed by atoms with E-state index in [1.54, 1.807) is 6.20 Å². The van der Waals surface area contributed by atoms with Crippen LogP contribution in [0.3, 0.4) is 0 Å². The zero-order valence-electron chi connectivity index (χ0n) is 10.1. The molecule has 0 atom stereocenters. The lowest BCUT2D eigenvalue weighted by atomic mass is 9.49. The van der Waals surface area contributed by atoms with Crippen molar-refractivity contribution in [3.05, 3.63) is 29.1 Å². The van der Waals surface area contributed by atoms with Gasteiger partial charge >= 0.3 is 0 Å². The second kappa shape index (κ2) is 4.25. The second-order valence-corrected chi connectivity index (χ2v) is 5.79. The van der Waals surface area contributed by atoms with Crippen LogP contribution in [0.25, 0.3) is 11.1 Å². The Morgan fingerprint density at radius 1 is 1.24 bits per heavy atom. The van der Waals surface area contributed by atoms with Gasteiger partial charge in [-0.05, 0) is 27.2 Å². The number of nitrogens with two attached hydrogens (primary N) is 1. The fourth-order valence-corrected chi connectivity index (χ4v) is 1.79. The molecule has 4 nitrogen and oxygen atoms in total. The van der Waals surface area contributed by atoms with Crippen molar-refractivity contribution in [1.82, 2.24) is 14.8 Å². The van der Waals surface area contributed by atoms with Crippen molar-refractivity contribution in [2.45, 2.75) is 5.24 Å². The molecule has 17 heavy (non-hydrogen) atoms. The van der Waals surface area contributed by atoms with Crippen molar-refractivity contribution in [2.24, 2.45) is 0 Å². The summed E-state index contributed by atoms with van der Waals surface area (Å²) in [5.41, 5.74) is 7.70. The summed E-state index contributed by atoms with van der Waals surface area (Å²) in [5, 5.41) is 4.34. The average molecular weight is 289 g/mol. The van der Waals surface area contributed by atoms with Crippen molar-refractivity contribution >= 4 is 45.3 Å². The van der Waals surface area contributed by atoms with Crippen LogP contribution in [0.1, 0.15) is 0 Å². The molecule has 2 heterocycles. The van der Waals surface area contributed by atoms with Crippen molar-refractivity contribution < 1.29 is 0 Å². The van der Waals surface area contributed by atoms with E-state index < -0.39 is 0 Å². The number of halogens is 1. The molecule has 0 aliphatic rings. The number of nitrogen functional groups attached to an aromatic ring is 1. The highest BCUT2D eigenvalue weighted by atomic mass is 79.9. The quantitative estimate of drug-likeness (QED) is 0.703. The van der Waals surface area contributed by atoms with Gasteiger partial charge in [-0.25, -0.2) is 4.98 Å². The van der Waals surface area contributed by atoms with E-state index in [1.165, 1.54) is 0 Å². The third-order valence-electron chi connectivity index (χ3n) is 2.47. The zero-order chi connectivity index (χ0) is 12.6. The fourth-order valence-electron chi connectivity index (χ4n) is 1.45. The monoisotopic (exact) mass is 288 g/mol. The number of pyridine rings is 1. The van der Waals surface area contributed by atoms with Crippen molar-refractivity contribution in [2.75, 3.05) is 5.73 Å². The van der Waals surface area contributed by atoms with Crippen LogP contribution in [0, 0.1) is 0 Å². The SMILES string of the molecule is BC(B)(B)n1cc(-c2cnc(N)c(Br)c2)cn1. The number of hydrogen-bond acceptors (Lipinski definition) is 3. The zero-order valence-corrected chi connectivity index (χ0v) is 11.7. The van der Waals surface area contributed by atoms with Crippen molar-refractivity contribution in [3.8, 4) is 11.1 Å². The van der Waals surface area contributed by atoms with Crippen LogP contribution in [0.5, 0.6) is 0 Å². The normalized spacial score (nSPS) is 11.6. The Morgan fingerprint density at radius 3 is 2.47 bits per heavy atom. The summed E-state index contributed by atoms with van der Waals surface area (Å²) < 4.78 is 2.74. The molecular formula is C9H12B3BrN4. The van der Waals surface area contributed by atoms with Crippen molar-refractivity contribution in [1.29, 1.82) is 0 Å². The van der Waals surface area contributed by atoms with E-state index in [0.29, 0.717) is 5.82 Å². The van der Waals surface area contributed by atoms with Gasteiger partial charge in [0.25, 0.3) is 0 Å². The maximum atomic E-state index is 5.66. The largest absolute Gasteiger partial charge is 0.383 e. The highest BCUT2D eigenvalue weighted by molar-refractivity contribution is 9.10. The summed E-state index contributed by atoms with van der Waals surface area (Å²) in [6.07, 6.45) is 5.61. The number of anilines is 1. The van der Waals surface area contributed by atoms with E-state index in [-0.39, 0.29) is 5.24 Å². The minimum atomic E-state index is -0.0171. The van der Waals surface area contributed by atoms with Gasteiger partial charge < -0.3 is 5.73 Å². The Labute approximate surface area is 111 Å². The molecule has 0 bridgehead atoms. The molecule has 2 rings (SSSR count). The third kappa shape index (κ3) is 2.57. The van der Waals surface area contributed by atoms with Crippen LogP contribution in [-0.4, -0.2) is 38.3 Å². The molecule has 2 N–H and O–H groups in total. The first-order valence-corrected chi connectivity index (χ1v) is 6.14. The van der Waals surface area contributed by atoms with E-state index in [9.17, 15) is 0 Å². The lowest BCUT2D eigenvalue weighted by Crippen LogP contribution is -2.35. The average Bonchev–Trinajstić information content (AvgIpc) is 2.70. The third-order valence-corrected chi connectivity index (χ3v) is 3.11. The van der Waals surface area contributed by atoms with Gasteiger partial charge in [-0.1, -0.05) is 0 Å². The van der Waals surface area contributed by atoms with Crippen molar-refractivity contribution in [3.63, 3.8) is 0 Å². The van der Waals surface area contributed by atoms with Crippen LogP contribution in [0.15, 0.2) is 29.1 Å². The molecule has 0 aromatic carbocycles. The summed E-state index contributed by atoms with van der Waals surface area (Å²) in [6, 6.07) is 1.95. The fraction of sp³-hybridized carbons (Fsp3) is 0.111. The first-order chi connectivity index (χ1) is 7.88. The van der Waals surface area contributed by atoms with Gasteiger partial charge in [0.2, 0.25) is 0 Å². The predicted molar refractivity (Wildman–Crippen MR) is 81.2 cm³/mol. The Hall–Kier alpha value is -1.17. The molecule has 0 radical (unpaired) electrons. The molecule has 8 heteroatoms. The molecule has 0 aliphatic carbocycles. The molecule has 0 unspecified atom stereocenters. The van der Waals surface area contributed by atoms with E-state index in [1.807, 2.05) is 23.1 Å². The standard InChI is InChI=1S/C9H12B3BrN4/c10-9(11,12)17-4-6(3-16-17)5-1-7(13)8(14)15-2-5/h1-4H,10-12H2,(H2,14,15). The van der Waals surface area contributed by atoms with E-state index >= 15 is 0 Å². The first-order valence-electron chi connectivity index (χ1n) is 5.34. The molecule has 0 spiro atoms. The molecule has 0 fully saturated rings. The summed E-state index contributed by atoms with van der Waals surface area (Å²) >= 11 is 3.37. The number of nitrogens with zero attached hydrogens (tertiary/aromatic N) is 3.